The Hall–Kier alpha value is -1.62. The second-order valence-corrected chi connectivity index (χ2v) is 4.86. The SMILES string of the molecule is COCC(O)CCNCc1c(O)ccc2ccccc12. The highest BCUT2D eigenvalue weighted by molar-refractivity contribution is 5.87. The van der Waals surface area contributed by atoms with E-state index in [0.29, 0.717) is 31.9 Å². The summed E-state index contributed by atoms with van der Waals surface area (Å²) in [5.74, 6) is 0.300. The lowest BCUT2D eigenvalue weighted by molar-refractivity contribution is 0.0594. The van der Waals surface area contributed by atoms with Crippen molar-refractivity contribution in [3.63, 3.8) is 0 Å². The standard InChI is InChI=1S/C16H21NO3/c1-20-11-13(18)8-9-17-10-15-14-5-3-2-4-12(14)6-7-16(15)19/h2-7,13,17-19H,8-11H2,1H3. The van der Waals surface area contributed by atoms with Gasteiger partial charge in [0.1, 0.15) is 5.75 Å². The van der Waals surface area contributed by atoms with Gasteiger partial charge in [-0.25, -0.2) is 0 Å². The number of phenolic OH excluding ortho intramolecular Hbond substituents is 1. The molecule has 0 radical (unpaired) electrons. The summed E-state index contributed by atoms with van der Waals surface area (Å²) in [5.41, 5.74) is 0.893. The second-order valence-electron chi connectivity index (χ2n) is 4.86. The van der Waals surface area contributed by atoms with Crippen LogP contribution in [0.2, 0.25) is 0 Å². The first-order valence-corrected chi connectivity index (χ1v) is 6.79. The zero-order valence-corrected chi connectivity index (χ0v) is 11.7. The molecule has 0 fully saturated rings. The molecular formula is C16H21NO3. The van der Waals surface area contributed by atoms with Crippen molar-refractivity contribution in [2.45, 2.75) is 19.1 Å². The van der Waals surface area contributed by atoms with Crippen LogP contribution < -0.4 is 5.32 Å². The minimum Gasteiger partial charge on any atom is -0.508 e. The molecule has 0 saturated carbocycles. The van der Waals surface area contributed by atoms with Crippen LogP contribution >= 0.6 is 0 Å². The molecule has 0 spiro atoms. The van der Waals surface area contributed by atoms with Crippen LogP contribution in [0.3, 0.4) is 0 Å². The van der Waals surface area contributed by atoms with Crippen molar-refractivity contribution in [1.29, 1.82) is 0 Å². The molecule has 0 aliphatic rings. The molecule has 0 aliphatic heterocycles. The number of aliphatic hydroxyl groups excluding tert-OH is 1. The monoisotopic (exact) mass is 275 g/mol. The van der Waals surface area contributed by atoms with Crippen molar-refractivity contribution in [3.8, 4) is 5.75 Å². The Morgan fingerprint density at radius 1 is 1.20 bits per heavy atom. The summed E-state index contributed by atoms with van der Waals surface area (Å²) in [6, 6.07) is 11.6. The molecule has 20 heavy (non-hydrogen) atoms. The number of hydrogen-bond donors (Lipinski definition) is 3. The highest BCUT2D eigenvalue weighted by Gasteiger charge is 2.07. The van der Waals surface area contributed by atoms with Crippen LogP contribution in [0, 0.1) is 0 Å². The fourth-order valence-corrected chi connectivity index (χ4v) is 2.27. The predicted molar refractivity (Wildman–Crippen MR) is 79.8 cm³/mol. The molecule has 108 valence electrons. The summed E-state index contributed by atoms with van der Waals surface area (Å²) < 4.78 is 4.88. The predicted octanol–water partition coefficient (Wildman–Crippen LogP) is 2.03. The van der Waals surface area contributed by atoms with E-state index in [1.54, 1.807) is 13.2 Å². The maximum absolute atomic E-state index is 9.99. The molecule has 1 atom stereocenters. The van der Waals surface area contributed by atoms with Gasteiger partial charge in [0.25, 0.3) is 0 Å². The summed E-state index contributed by atoms with van der Waals surface area (Å²) in [7, 11) is 1.57. The average Bonchev–Trinajstić information content (AvgIpc) is 2.45. The van der Waals surface area contributed by atoms with Gasteiger partial charge in [0.15, 0.2) is 0 Å². The summed E-state index contributed by atoms with van der Waals surface area (Å²) in [6.45, 7) is 1.60. The maximum Gasteiger partial charge on any atom is 0.120 e. The van der Waals surface area contributed by atoms with Gasteiger partial charge >= 0.3 is 0 Å². The van der Waals surface area contributed by atoms with Crippen LogP contribution in [-0.4, -0.2) is 36.6 Å². The minimum absolute atomic E-state index is 0.300. The molecule has 0 saturated heterocycles. The third kappa shape index (κ3) is 3.70. The van der Waals surface area contributed by atoms with Crippen LogP contribution in [0.5, 0.6) is 5.75 Å². The van der Waals surface area contributed by atoms with Gasteiger partial charge in [-0.15, -0.1) is 0 Å². The van der Waals surface area contributed by atoms with E-state index in [1.807, 2.05) is 30.3 Å². The second kappa shape index (κ2) is 7.24. The topological polar surface area (TPSA) is 61.7 Å². The van der Waals surface area contributed by atoms with Crippen molar-refractivity contribution in [1.82, 2.24) is 5.32 Å². The molecule has 0 amide bonds. The van der Waals surface area contributed by atoms with Crippen molar-refractivity contribution < 1.29 is 14.9 Å². The molecule has 0 heterocycles. The summed E-state index contributed by atoms with van der Waals surface area (Å²) in [6.07, 6.45) is 0.174. The Morgan fingerprint density at radius 3 is 2.80 bits per heavy atom. The van der Waals surface area contributed by atoms with Gasteiger partial charge in [0.05, 0.1) is 12.7 Å². The Bertz CT molecular complexity index is 556. The zero-order valence-electron chi connectivity index (χ0n) is 11.7. The lowest BCUT2D eigenvalue weighted by Crippen LogP contribution is -2.23. The Balaban J connectivity index is 1.97. The molecule has 2 aromatic rings. The molecule has 0 aromatic heterocycles. The number of fused-ring (bicyclic) bond motifs is 1. The number of nitrogens with one attached hydrogen (secondary N) is 1. The summed E-state index contributed by atoms with van der Waals surface area (Å²) >= 11 is 0. The molecular weight excluding hydrogens is 254 g/mol. The van der Waals surface area contributed by atoms with E-state index in [2.05, 4.69) is 5.32 Å². The van der Waals surface area contributed by atoms with E-state index < -0.39 is 6.10 Å². The fourth-order valence-electron chi connectivity index (χ4n) is 2.27. The first-order chi connectivity index (χ1) is 9.72. The van der Waals surface area contributed by atoms with Gasteiger partial charge < -0.3 is 20.3 Å². The summed E-state index contributed by atoms with van der Waals surface area (Å²) in [5, 5.41) is 25.0. The smallest absolute Gasteiger partial charge is 0.120 e. The van der Waals surface area contributed by atoms with E-state index in [-0.39, 0.29) is 0 Å². The third-order valence-electron chi connectivity index (χ3n) is 3.33. The van der Waals surface area contributed by atoms with Crippen molar-refractivity contribution in [2.24, 2.45) is 0 Å². The number of methoxy groups -OCH3 is 1. The van der Waals surface area contributed by atoms with Crippen LogP contribution in [0.15, 0.2) is 36.4 Å². The quantitative estimate of drug-likeness (QED) is 0.677. The molecule has 4 heteroatoms. The van der Waals surface area contributed by atoms with Gasteiger partial charge in [-0.2, -0.15) is 0 Å². The van der Waals surface area contributed by atoms with E-state index in [0.717, 1.165) is 16.3 Å². The number of phenols is 1. The van der Waals surface area contributed by atoms with Crippen molar-refractivity contribution in [2.75, 3.05) is 20.3 Å². The normalized spacial score (nSPS) is 12.7. The Kier molecular flexibility index (Phi) is 5.35. The van der Waals surface area contributed by atoms with Gasteiger partial charge in [-0.3, -0.25) is 0 Å². The van der Waals surface area contributed by atoms with Crippen molar-refractivity contribution in [3.05, 3.63) is 42.0 Å². The van der Waals surface area contributed by atoms with Crippen LogP contribution in [-0.2, 0) is 11.3 Å². The number of benzene rings is 2. The largest absolute Gasteiger partial charge is 0.508 e. The van der Waals surface area contributed by atoms with Gasteiger partial charge in [0.2, 0.25) is 0 Å². The highest BCUT2D eigenvalue weighted by Crippen LogP contribution is 2.26. The molecule has 4 nitrogen and oxygen atoms in total. The molecule has 2 rings (SSSR count). The van der Waals surface area contributed by atoms with Gasteiger partial charge in [0, 0.05) is 19.2 Å². The zero-order chi connectivity index (χ0) is 14.4. The number of aromatic hydroxyl groups is 1. The lowest BCUT2D eigenvalue weighted by atomic mass is 10.0. The van der Waals surface area contributed by atoms with E-state index >= 15 is 0 Å². The molecule has 3 N–H and O–H groups in total. The molecule has 1 unspecified atom stereocenters. The maximum atomic E-state index is 9.99. The average molecular weight is 275 g/mol. The number of aliphatic hydroxyl groups is 1. The van der Waals surface area contributed by atoms with E-state index in [4.69, 9.17) is 4.74 Å². The number of hydrogen-bond acceptors (Lipinski definition) is 4. The first kappa shape index (κ1) is 14.8. The highest BCUT2D eigenvalue weighted by atomic mass is 16.5. The number of rotatable bonds is 7. The molecule has 0 bridgehead atoms. The third-order valence-corrected chi connectivity index (χ3v) is 3.33. The summed E-state index contributed by atoms with van der Waals surface area (Å²) in [4.78, 5) is 0. The molecule has 0 aliphatic carbocycles. The van der Waals surface area contributed by atoms with Crippen LogP contribution in [0.25, 0.3) is 10.8 Å². The van der Waals surface area contributed by atoms with Crippen molar-refractivity contribution >= 4 is 10.8 Å². The lowest BCUT2D eigenvalue weighted by Gasteiger charge is -2.12. The van der Waals surface area contributed by atoms with Crippen LogP contribution in [0.4, 0.5) is 0 Å². The Morgan fingerprint density at radius 2 is 2.00 bits per heavy atom. The first-order valence-electron chi connectivity index (χ1n) is 6.79. The molecule has 2 aromatic carbocycles. The minimum atomic E-state index is -0.450. The van der Waals surface area contributed by atoms with Crippen LogP contribution in [0.1, 0.15) is 12.0 Å². The number of ether oxygens (including phenoxy) is 1. The Labute approximate surface area is 119 Å². The van der Waals surface area contributed by atoms with Gasteiger partial charge in [-0.1, -0.05) is 30.3 Å². The van der Waals surface area contributed by atoms with Gasteiger partial charge in [-0.05, 0) is 29.8 Å². The fraction of sp³-hybridized carbons (Fsp3) is 0.375. The van der Waals surface area contributed by atoms with E-state index in [9.17, 15) is 10.2 Å². The van der Waals surface area contributed by atoms with E-state index in [1.165, 1.54) is 0 Å².